The molecule has 11 heteroatoms. The largest absolute Gasteiger partial charge is 0.480 e. The summed E-state index contributed by atoms with van der Waals surface area (Å²) in [6.45, 7) is 5.39. The number of carbonyl (C=O) groups is 4. The average molecular weight is 485 g/mol. The number of aliphatic carboxylic acids is 1. The van der Waals surface area contributed by atoms with Crippen molar-refractivity contribution in [3.8, 4) is 0 Å². The van der Waals surface area contributed by atoms with Crippen molar-refractivity contribution in [1.29, 1.82) is 0 Å². The van der Waals surface area contributed by atoms with Crippen molar-refractivity contribution in [2.45, 2.75) is 95.8 Å². The fraction of sp³-hybridized carbons (Fsp3) is 0.826. The standard InChI is InChI=1S/C23H44N6O5/c1-3-15(2)19(22(32)28-18(23(33)34)10-5-7-13-25)29-21(31)17(9-4-6-12-24)27-20(30)16-11-8-14-26-16/h15-19,26H,3-14,24-25H2,1-2H3,(H,27,30)(H,28,32)(H,29,31)(H,33,34). The Morgan fingerprint density at radius 2 is 1.56 bits per heavy atom. The lowest BCUT2D eigenvalue weighted by molar-refractivity contribution is -0.143. The van der Waals surface area contributed by atoms with Gasteiger partial charge < -0.3 is 37.8 Å². The van der Waals surface area contributed by atoms with E-state index in [1.165, 1.54) is 0 Å². The second-order valence-corrected chi connectivity index (χ2v) is 9.05. The van der Waals surface area contributed by atoms with Crippen LogP contribution >= 0.6 is 0 Å². The number of hydrogen-bond acceptors (Lipinski definition) is 7. The summed E-state index contributed by atoms with van der Waals surface area (Å²) in [5, 5.41) is 20.8. The molecule has 11 nitrogen and oxygen atoms in total. The van der Waals surface area contributed by atoms with Gasteiger partial charge in [-0.3, -0.25) is 14.4 Å². The molecule has 3 amide bonds. The van der Waals surface area contributed by atoms with Gasteiger partial charge in [-0.05, 0) is 76.9 Å². The maximum absolute atomic E-state index is 13.2. The molecule has 0 radical (unpaired) electrons. The summed E-state index contributed by atoms with van der Waals surface area (Å²) < 4.78 is 0. The summed E-state index contributed by atoms with van der Waals surface area (Å²) in [4.78, 5) is 50.4. The lowest BCUT2D eigenvalue weighted by atomic mass is 9.96. The van der Waals surface area contributed by atoms with Crippen LogP contribution in [0, 0.1) is 5.92 Å². The molecule has 0 aromatic rings. The summed E-state index contributed by atoms with van der Waals surface area (Å²) in [6.07, 6.45) is 5.44. The minimum absolute atomic E-state index is 0.235. The Morgan fingerprint density at radius 3 is 2.06 bits per heavy atom. The molecular formula is C23H44N6O5. The van der Waals surface area contributed by atoms with Crippen molar-refractivity contribution >= 4 is 23.7 Å². The van der Waals surface area contributed by atoms with E-state index < -0.39 is 35.9 Å². The number of nitrogens with one attached hydrogen (secondary N) is 4. The maximum atomic E-state index is 13.2. The number of amides is 3. The van der Waals surface area contributed by atoms with Crippen molar-refractivity contribution in [3.05, 3.63) is 0 Å². The number of carboxylic acid groups (broad SMARTS) is 1. The molecule has 1 rings (SSSR count). The van der Waals surface area contributed by atoms with Crippen molar-refractivity contribution in [3.63, 3.8) is 0 Å². The molecule has 1 heterocycles. The molecule has 9 N–H and O–H groups in total. The van der Waals surface area contributed by atoms with Crippen LogP contribution in [0.2, 0.25) is 0 Å². The Labute approximate surface area is 202 Å². The first-order chi connectivity index (χ1) is 16.2. The molecule has 1 aliphatic rings. The van der Waals surface area contributed by atoms with Crippen LogP contribution in [0.1, 0.15) is 71.6 Å². The number of carbonyl (C=O) groups excluding carboxylic acids is 3. The molecule has 5 atom stereocenters. The van der Waals surface area contributed by atoms with Crippen LogP contribution in [0.4, 0.5) is 0 Å². The van der Waals surface area contributed by atoms with E-state index >= 15 is 0 Å². The highest BCUT2D eigenvalue weighted by molar-refractivity contribution is 5.94. The van der Waals surface area contributed by atoms with Gasteiger partial charge in [0, 0.05) is 0 Å². The smallest absolute Gasteiger partial charge is 0.326 e. The van der Waals surface area contributed by atoms with Gasteiger partial charge in [0.25, 0.3) is 0 Å². The van der Waals surface area contributed by atoms with Crippen LogP contribution in [0.25, 0.3) is 0 Å². The van der Waals surface area contributed by atoms with Crippen LogP contribution in [0.3, 0.4) is 0 Å². The van der Waals surface area contributed by atoms with E-state index in [2.05, 4.69) is 21.3 Å². The molecule has 34 heavy (non-hydrogen) atoms. The van der Waals surface area contributed by atoms with Gasteiger partial charge in [0.15, 0.2) is 0 Å². The van der Waals surface area contributed by atoms with Gasteiger partial charge in [-0.25, -0.2) is 4.79 Å². The number of unbranched alkanes of at least 4 members (excludes halogenated alkanes) is 2. The van der Waals surface area contributed by atoms with Crippen molar-refractivity contribution in [2.75, 3.05) is 19.6 Å². The van der Waals surface area contributed by atoms with Crippen molar-refractivity contribution in [2.24, 2.45) is 17.4 Å². The van der Waals surface area contributed by atoms with E-state index in [-0.39, 0.29) is 24.3 Å². The minimum atomic E-state index is -1.13. The Morgan fingerprint density at radius 1 is 0.941 bits per heavy atom. The zero-order chi connectivity index (χ0) is 25.5. The fourth-order valence-electron chi connectivity index (χ4n) is 3.91. The van der Waals surface area contributed by atoms with E-state index in [9.17, 15) is 24.3 Å². The van der Waals surface area contributed by atoms with Crippen LogP contribution in [0.5, 0.6) is 0 Å². The Kier molecular flexibility index (Phi) is 14.4. The summed E-state index contributed by atoms with van der Waals surface area (Å²) in [5.41, 5.74) is 11.1. The lowest BCUT2D eigenvalue weighted by Crippen LogP contribution is -2.58. The molecule has 1 aliphatic heterocycles. The molecule has 0 saturated carbocycles. The molecule has 0 aromatic heterocycles. The minimum Gasteiger partial charge on any atom is -0.480 e. The highest BCUT2D eigenvalue weighted by Crippen LogP contribution is 2.12. The average Bonchev–Trinajstić information content (AvgIpc) is 3.35. The molecule has 1 saturated heterocycles. The van der Waals surface area contributed by atoms with Crippen molar-refractivity contribution < 1.29 is 24.3 Å². The summed E-state index contributed by atoms with van der Waals surface area (Å²) in [7, 11) is 0. The van der Waals surface area contributed by atoms with E-state index in [4.69, 9.17) is 11.5 Å². The van der Waals surface area contributed by atoms with E-state index in [1.54, 1.807) is 0 Å². The molecule has 0 aromatic carbocycles. The monoisotopic (exact) mass is 484 g/mol. The second-order valence-electron chi connectivity index (χ2n) is 9.05. The zero-order valence-corrected chi connectivity index (χ0v) is 20.6. The summed E-state index contributed by atoms with van der Waals surface area (Å²) in [6, 6.07) is -3.12. The van der Waals surface area contributed by atoms with E-state index in [0.29, 0.717) is 58.0 Å². The Bertz CT molecular complexity index is 656. The van der Waals surface area contributed by atoms with E-state index in [0.717, 1.165) is 13.0 Å². The van der Waals surface area contributed by atoms with Gasteiger partial charge in [-0.2, -0.15) is 0 Å². The number of rotatable bonds is 17. The Hall–Kier alpha value is -2.24. The highest BCUT2D eigenvalue weighted by Gasteiger charge is 2.33. The predicted molar refractivity (Wildman–Crippen MR) is 130 cm³/mol. The van der Waals surface area contributed by atoms with Gasteiger partial charge >= 0.3 is 5.97 Å². The molecule has 5 unspecified atom stereocenters. The Balaban J connectivity index is 2.90. The first kappa shape index (κ1) is 29.8. The SMILES string of the molecule is CCC(C)C(NC(=O)C(CCCCN)NC(=O)C1CCCN1)C(=O)NC(CCCCN)C(=O)O. The third-order valence-electron chi connectivity index (χ3n) is 6.31. The third-order valence-corrected chi connectivity index (χ3v) is 6.31. The van der Waals surface area contributed by atoms with Crippen LogP contribution < -0.4 is 32.7 Å². The molecule has 1 fully saturated rings. The van der Waals surface area contributed by atoms with Gasteiger partial charge in [-0.1, -0.05) is 20.3 Å². The zero-order valence-electron chi connectivity index (χ0n) is 20.6. The molecular weight excluding hydrogens is 440 g/mol. The highest BCUT2D eigenvalue weighted by atomic mass is 16.4. The lowest BCUT2D eigenvalue weighted by Gasteiger charge is -2.28. The van der Waals surface area contributed by atoms with Gasteiger partial charge in [0.05, 0.1) is 6.04 Å². The first-order valence-corrected chi connectivity index (χ1v) is 12.5. The number of hydrogen-bond donors (Lipinski definition) is 7. The van der Waals surface area contributed by atoms with Crippen LogP contribution in [-0.2, 0) is 19.2 Å². The summed E-state index contributed by atoms with van der Waals surface area (Å²) >= 11 is 0. The maximum Gasteiger partial charge on any atom is 0.326 e. The van der Waals surface area contributed by atoms with Gasteiger partial charge in [-0.15, -0.1) is 0 Å². The molecule has 0 aliphatic carbocycles. The first-order valence-electron chi connectivity index (χ1n) is 12.5. The number of nitrogens with two attached hydrogens (primary N) is 2. The molecule has 0 spiro atoms. The molecule has 196 valence electrons. The summed E-state index contributed by atoms with van der Waals surface area (Å²) in [5.74, 6) is -2.61. The normalized spacial score (nSPS) is 19.0. The van der Waals surface area contributed by atoms with E-state index in [1.807, 2.05) is 13.8 Å². The van der Waals surface area contributed by atoms with Crippen molar-refractivity contribution in [1.82, 2.24) is 21.3 Å². The quantitative estimate of drug-likeness (QED) is 0.135. The topological polar surface area (TPSA) is 189 Å². The number of carboxylic acids is 1. The molecule has 0 bridgehead atoms. The second kappa shape index (κ2) is 16.4. The van der Waals surface area contributed by atoms with Crippen LogP contribution in [-0.4, -0.2) is 72.6 Å². The van der Waals surface area contributed by atoms with Crippen LogP contribution in [0.15, 0.2) is 0 Å². The van der Waals surface area contributed by atoms with Gasteiger partial charge in [0.2, 0.25) is 17.7 Å². The predicted octanol–water partition coefficient (Wildman–Crippen LogP) is -0.418. The fourth-order valence-corrected chi connectivity index (χ4v) is 3.91. The van der Waals surface area contributed by atoms with Gasteiger partial charge in [0.1, 0.15) is 18.1 Å². The third kappa shape index (κ3) is 10.4.